The Bertz CT molecular complexity index is 258. The Kier molecular flexibility index (Phi) is 3.56. The van der Waals surface area contributed by atoms with Gasteiger partial charge >= 0.3 is 0 Å². The van der Waals surface area contributed by atoms with Gasteiger partial charge in [-0.1, -0.05) is 25.3 Å². The van der Waals surface area contributed by atoms with Crippen LogP contribution in [0.3, 0.4) is 0 Å². The van der Waals surface area contributed by atoms with E-state index in [1.807, 2.05) is 11.3 Å². The summed E-state index contributed by atoms with van der Waals surface area (Å²) in [6.45, 7) is 0. The normalized spacial score (nSPS) is 28.6. The van der Waals surface area contributed by atoms with Crippen molar-refractivity contribution in [2.45, 2.75) is 44.1 Å². The number of nitrogens with one attached hydrogen (secondary N) is 1. The quantitative estimate of drug-likeness (QED) is 0.447. The zero-order valence-corrected chi connectivity index (χ0v) is 9.22. The molecular weight excluding hydrogens is 192 g/mol. The summed E-state index contributed by atoms with van der Waals surface area (Å²) in [5.41, 5.74) is 2.99. The molecule has 1 aromatic rings. The molecule has 0 radical (unpaired) electrons. The first kappa shape index (κ1) is 10.1. The van der Waals surface area contributed by atoms with Crippen LogP contribution in [-0.2, 0) is 0 Å². The lowest BCUT2D eigenvalue weighted by atomic mass is 9.94. The highest BCUT2D eigenvalue weighted by atomic mass is 32.1. The van der Waals surface area contributed by atoms with Gasteiger partial charge in [0, 0.05) is 16.8 Å². The maximum Gasteiger partial charge on any atom is 0.0287 e. The van der Waals surface area contributed by atoms with Crippen LogP contribution in [0.5, 0.6) is 0 Å². The molecular formula is C11H18N2S. The van der Waals surface area contributed by atoms with Crippen molar-refractivity contribution in [3.8, 4) is 0 Å². The lowest BCUT2D eigenvalue weighted by Crippen LogP contribution is -2.38. The van der Waals surface area contributed by atoms with Gasteiger partial charge in [0.25, 0.3) is 0 Å². The SMILES string of the molecule is NNC1CCCCCC1c1cccs1. The minimum absolute atomic E-state index is 0.483. The number of hydrogen-bond acceptors (Lipinski definition) is 3. The predicted octanol–water partition coefficient (Wildman–Crippen LogP) is 2.63. The first-order chi connectivity index (χ1) is 6.92. The van der Waals surface area contributed by atoms with Crippen LogP contribution >= 0.6 is 11.3 Å². The summed E-state index contributed by atoms with van der Waals surface area (Å²) in [6, 6.07) is 4.86. The van der Waals surface area contributed by atoms with E-state index in [4.69, 9.17) is 5.84 Å². The monoisotopic (exact) mass is 210 g/mol. The fraction of sp³-hybridized carbons (Fsp3) is 0.636. The van der Waals surface area contributed by atoms with Crippen LogP contribution in [-0.4, -0.2) is 6.04 Å². The molecule has 2 rings (SSSR count). The Morgan fingerprint density at radius 2 is 2.14 bits per heavy atom. The van der Waals surface area contributed by atoms with Crippen molar-refractivity contribution in [2.24, 2.45) is 5.84 Å². The van der Waals surface area contributed by atoms with Gasteiger partial charge in [-0.25, -0.2) is 0 Å². The highest BCUT2D eigenvalue weighted by Crippen LogP contribution is 2.33. The molecule has 2 unspecified atom stereocenters. The molecule has 14 heavy (non-hydrogen) atoms. The van der Waals surface area contributed by atoms with Crippen molar-refractivity contribution in [2.75, 3.05) is 0 Å². The second kappa shape index (κ2) is 4.91. The van der Waals surface area contributed by atoms with Gasteiger partial charge in [0.15, 0.2) is 0 Å². The second-order valence-corrected chi connectivity index (χ2v) is 5.01. The zero-order chi connectivity index (χ0) is 9.80. The van der Waals surface area contributed by atoms with Crippen LogP contribution in [0, 0.1) is 0 Å². The maximum absolute atomic E-state index is 5.62. The first-order valence-corrected chi connectivity index (χ1v) is 6.29. The fourth-order valence-corrected chi connectivity index (χ4v) is 3.28. The Labute approximate surface area is 89.5 Å². The molecule has 2 atom stereocenters. The number of hydrogen-bond donors (Lipinski definition) is 2. The maximum atomic E-state index is 5.62. The van der Waals surface area contributed by atoms with Crippen LogP contribution in [0.25, 0.3) is 0 Å². The van der Waals surface area contributed by atoms with Crippen molar-refractivity contribution in [1.29, 1.82) is 0 Å². The van der Waals surface area contributed by atoms with Gasteiger partial charge in [0.1, 0.15) is 0 Å². The van der Waals surface area contributed by atoms with Crippen LogP contribution in [0.4, 0.5) is 0 Å². The molecule has 0 amide bonds. The van der Waals surface area contributed by atoms with Gasteiger partial charge in [-0.3, -0.25) is 11.3 Å². The minimum atomic E-state index is 0.483. The van der Waals surface area contributed by atoms with E-state index in [9.17, 15) is 0 Å². The molecule has 1 heterocycles. The van der Waals surface area contributed by atoms with Crippen LogP contribution in [0.15, 0.2) is 17.5 Å². The summed E-state index contributed by atoms with van der Waals surface area (Å²) >= 11 is 1.86. The molecule has 1 aromatic heterocycles. The third-order valence-corrected chi connectivity index (χ3v) is 4.14. The molecule has 1 fully saturated rings. The molecule has 1 aliphatic rings. The zero-order valence-electron chi connectivity index (χ0n) is 8.41. The van der Waals surface area contributed by atoms with E-state index in [0.29, 0.717) is 12.0 Å². The van der Waals surface area contributed by atoms with Crippen molar-refractivity contribution in [3.05, 3.63) is 22.4 Å². The summed E-state index contributed by atoms with van der Waals surface area (Å²) in [5.74, 6) is 6.27. The Balaban J connectivity index is 2.12. The Morgan fingerprint density at radius 3 is 2.86 bits per heavy atom. The highest BCUT2D eigenvalue weighted by Gasteiger charge is 2.24. The van der Waals surface area contributed by atoms with Crippen molar-refractivity contribution < 1.29 is 0 Å². The van der Waals surface area contributed by atoms with Crippen LogP contribution in [0.2, 0.25) is 0 Å². The van der Waals surface area contributed by atoms with Gasteiger partial charge in [-0.2, -0.15) is 0 Å². The van der Waals surface area contributed by atoms with Crippen molar-refractivity contribution >= 4 is 11.3 Å². The average Bonchev–Trinajstić information content (AvgIpc) is 2.63. The van der Waals surface area contributed by atoms with E-state index >= 15 is 0 Å². The average molecular weight is 210 g/mol. The molecule has 0 spiro atoms. The van der Waals surface area contributed by atoms with E-state index in [2.05, 4.69) is 22.9 Å². The standard InChI is InChI=1S/C11H18N2S/c12-13-10-6-3-1-2-5-9(10)11-7-4-8-14-11/h4,7-10,13H,1-3,5-6,12H2. The van der Waals surface area contributed by atoms with E-state index in [-0.39, 0.29) is 0 Å². The molecule has 2 nitrogen and oxygen atoms in total. The Hall–Kier alpha value is -0.380. The first-order valence-electron chi connectivity index (χ1n) is 5.41. The van der Waals surface area contributed by atoms with E-state index in [1.54, 1.807) is 0 Å². The van der Waals surface area contributed by atoms with Gasteiger partial charge < -0.3 is 0 Å². The predicted molar refractivity (Wildman–Crippen MR) is 61.3 cm³/mol. The number of rotatable bonds is 2. The van der Waals surface area contributed by atoms with Gasteiger partial charge in [0.2, 0.25) is 0 Å². The lowest BCUT2D eigenvalue weighted by Gasteiger charge is -2.23. The van der Waals surface area contributed by atoms with E-state index < -0.39 is 0 Å². The van der Waals surface area contributed by atoms with Gasteiger partial charge in [-0.15, -0.1) is 11.3 Å². The highest BCUT2D eigenvalue weighted by molar-refractivity contribution is 7.10. The van der Waals surface area contributed by atoms with Crippen molar-refractivity contribution in [3.63, 3.8) is 0 Å². The number of nitrogens with two attached hydrogens (primary N) is 1. The van der Waals surface area contributed by atoms with E-state index in [1.165, 1.54) is 37.0 Å². The summed E-state index contributed by atoms with van der Waals surface area (Å²) in [5, 5.41) is 2.16. The number of hydrazine groups is 1. The number of thiophene rings is 1. The summed E-state index contributed by atoms with van der Waals surface area (Å²) in [4.78, 5) is 1.50. The third kappa shape index (κ3) is 2.16. The minimum Gasteiger partial charge on any atom is -0.271 e. The topological polar surface area (TPSA) is 38.0 Å². The smallest absolute Gasteiger partial charge is 0.0287 e. The van der Waals surface area contributed by atoms with E-state index in [0.717, 1.165) is 0 Å². The molecule has 0 saturated heterocycles. The summed E-state index contributed by atoms with van der Waals surface area (Å²) in [6.07, 6.45) is 6.53. The fourth-order valence-electron chi connectivity index (χ4n) is 2.35. The molecule has 78 valence electrons. The summed E-state index contributed by atoms with van der Waals surface area (Å²) < 4.78 is 0. The molecule has 3 N–H and O–H groups in total. The Morgan fingerprint density at radius 1 is 1.29 bits per heavy atom. The molecule has 0 aliphatic heterocycles. The molecule has 0 aromatic carbocycles. The van der Waals surface area contributed by atoms with Gasteiger partial charge in [0.05, 0.1) is 0 Å². The van der Waals surface area contributed by atoms with Gasteiger partial charge in [-0.05, 0) is 24.3 Å². The lowest BCUT2D eigenvalue weighted by molar-refractivity contribution is 0.423. The molecule has 1 aliphatic carbocycles. The summed E-state index contributed by atoms with van der Waals surface area (Å²) in [7, 11) is 0. The molecule has 1 saturated carbocycles. The third-order valence-electron chi connectivity index (χ3n) is 3.14. The molecule has 0 bridgehead atoms. The molecule has 3 heteroatoms. The van der Waals surface area contributed by atoms with Crippen LogP contribution < -0.4 is 11.3 Å². The van der Waals surface area contributed by atoms with Crippen molar-refractivity contribution in [1.82, 2.24) is 5.43 Å². The van der Waals surface area contributed by atoms with Crippen LogP contribution in [0.1, 0.15) is 42.9 Å². The largest absolute Gasteiger partial charge is 0.271 e. The second-order valence-electron chi connectivity index (χ2n) is 4.03.